The summed E-state index contributed by atoms with van der Waals surface area (Å²) in [6, 6.07) is 12.8. The highest BCUT2D eigenvalue weighted by Gasteiger charge is 2.13. The van der Waals surface area contributed by atoms with E-state index in [4.69, 9.17) is 5.84 Å². The smallest absolute Gasteiger partial charge is 0.139 e. The molecule has 0 amide bonds. The summed E-state index contributed by atoms with van der Waals surface area (Å²) in [7, 11) is 0. The van der Waals surface area contributed by atoms with Crippen molar-refractivity contribution in [2.45, 2.75) is 19.4 Å². The zero-order chi connectivity index (χ0) is 13.8. The molecule has 0 unspecified atom stereocenters. The molecular formula is C16H20N4. The highest BCUT2D eigenvalue weighted by atomic mass is 15.2. The molecule has 0 bridgehead atoms. The van der Waals surface area contributed by atoms with Crippen LogP contribution in [0.5, 0.6) is 0 Å². The third-order valence-corrected chi connectivity index (χ3v) is 3.89. The average molecular weight is 268 g/mol. The number of fused-ring (bicyclic) bond motifs is 1. The van der Waals surface area contributed by atoms with Crippen LogP contribution in [0.2, 0.25) is 0 Å². The summed E-state index contributed by atoms with van der Waals surface area (Å²) in [6.07, 6.45) is 4.16. The molecule has 2 heterocycles. The first-order valence-electron chi connectivity index (χ1n) is 7.06. The number of nitrogen functional groups attached to an aromatic ring is 1. The topological polar surface area (TPSA) is 54.2 Å². The lowest BCUT2D eigenvalue weighted by atomic mass is 10.0. The van der Waals surface area contributed by atoms with Gasteiger partial charge in [0, 0.05) is 25.8 Å². The molecule has 4 nitrogen and oxygen atoms in total. The second-order valence-electron chi connectivity index (χ2n) is 5.24. The molecule has 0 atom stereocenters. The molecule has 1 aromatic carbocycles. The van der Waals surface area contributed by atoms with Gasteiger partial charge in [0.25, 0.3) is 0 Å². The fourth-order valence-corrected chi connectivity index (χ4v) is 2.73. The molecule has 104 valence electrons. The molecule has 0 spiro atoms. The number of nitrogens with zero attached hydrogens (tertiary/aromatic N) is 2. The van der Waals surface area contributed by atoms with Gasteiger partial charge in [-0.3, -0.25) is 4.90 Å². The Hall–Kier alpha value is -1.91. The molecule has 0 saturated carbocycles. The number of aromatic nitrogens is 1. The Labute approximate surface area is 119 Å². The number of anilines is 1. The largest absolute Gasteiger partial charge is 0.308 e. The molecule has 0 fully saturated rings. The van der Waals surface area contributed by atoms with Gasteiger partial charge in [-0.2, -0.15) is 0 Å². The second kappa shape index (κ2) is 6.03. The summed E-state index contributed by atoms with van der Waals surface area (Å²) < 4.78 is 0. The van der Waals surface area contributed by atoms with Crippen molar-refractivity contribution in [1.29, 1.82) is 0 Å². The van der Waals surface area contributed by atoms with Crippen molar-refractivity contribution >= 4 is 5.82 Å². The molecule has 0 aliphatic carbocycles. The number of hydrogen-bond acceptors (Lipinski definition) is 4. The quantitative estimate of drug-likeness (QED) is 0.660. The predicted molar refractivity (Wildman–Crippen MR) is 81.2 cm³/mol. The summed E-state index contributed by atoms with van der Waals surface area (Å²) in [6.45, 7) is 3.16. The average Bonchev–Trinajstić information content (AvgIpc) is 2.71. The van der Waals surface area contributed by atoms with Crippen molar-refractivity contribution in [3.8, 4) is 0 Å². The summed E-state index contributed by atoms with van der Waals surface area (Å²) in [5.41, 5.74) is 6.78. The molecule has 2 aromatic rings. The zero-order valence-electron chi connectivity index (χ0n) is 11.5. The van der Waals surface area contributed by atoms with Crippen LogP contribution in [0.4, 0.5) is 5.82 Å². The van der Waals surface area contributed by atoms with Crippen molar-refractivity contribution < 1.29 is 0 Å². The SMILES string of the molecule is NNc1ccc(CN2CCc3ccccc3CC2)cn1. The third kappa shape index (κ3) is 2.98. The van der Waals surface area contributed by atoms with Crippen molar-refractivity contribution in [2.75, 3.05) is 18.5 Å². The highest BCUT2D eigenvalue weighted by Crippen LogP contribution is 2.17. The van der Waals surface area contributed by atoms with E-state index in [1.807, 2.05) is 12.3 Å². The lowest BCUT2D eigenvalue weighted by molar-refractivity contribution is 0.279. The van der Waals surface area contributed by atoms with E-state index in [1.165, 1.54) is 16.7 Å². The van der Waals surface area contributed by atoms with Crippen molar-refractivity contribution in [3.05, 3.63) is 59.3 Å². The Balaban J connectivity index is 1.65. The Morgan fingerprint density at radius 1 is 1.05 bits per heavy atom. The minimum Gasteiger partial charge on any atom is -0.308 e. The number of pyridine rings is 1. The third-order valence-electron chi connectivity index (χ3n) is 3.89. The van der Waals surface area contributed by atoms with Crippen LogP contribution in [0.15, 0.2) is 42.6 Å². The molecule has 0 saturated heterocycles. The van der Waals surface area contributed by atoms with Gasteiger partial charge in [0.05, 0.1) is 0 Å². The number of nitrogens with one attached hydrogen (secondary N) is 1. The van der Waals surface area contributed by atoms with Gasteiger partial charge in [0.2, 0.25) is 0 Å². The first-order valence-corrected chi connectivity index (χ1v) is 7.06. The standard InChI is InChI=1S/C16H20N4/c17-19-16-6-5-13(11-18-16)12-20-9-7-14-3-1-2-4-15(14)8-10-20/h1-6,11H,7-10,12,17H2,(H,18,19). The van der Waals surface area contributed by atoms with E-state index < -0.39 is 0 Å². The number of benzene rings is 1. The fraction of sp³-hybridized carbons (Fsp3) is 0.312. The van der Waals surface area contributed by atoms with E-state index in [-0.39, 0.29) is 0 Å². The maximum absolute atomic E-state index is 5.33. The number of rotatable bonds is 3. The predicted octanol–water partition coefficient (Wildman–Crippen LogP) is 1.97. The van der Waals surface area contributed by atoms with Crippen molar-refractivity contribution in [2.24, 2.45) is 5.84 Å². The molecule has 0 radical (unpaired) electrons. The van der Waals surface area contributed by atoms with Gasteiger partial charge in [-0.05, 0) is 35.6 Å². The van der Waals surface area contributed by atoms with Crippen LogP contribution in [0.25, 0.3) is 0 Å². The van der Waals surface area contributed by atoms with E-state index in [9.17, 15) is 0 Å². The molecule has 4 heteroatoms. The lowest BCUT2D eigenvalue weighted by Crippen LogP contribution is -2.26. The van der Waals surface area contributed by atoms with Gasteiger partial charge in [0.15, 0.2) is 0 Å². The maximum Gasteiger partial charge on any atom is 0.139 e. The molecule has 1 aliphatic heterocycles. The van der Waals surface area contributed by atoms with Crippen LogP contribution in [-0.4, -0.2) is 23.0 Å². The normalized spacial score (nSPS) is 15.4. The van der Waals surface area contributed by atoms with Gasteiger partial charge in [-0.15, -0.1) is 0 Å². The van der Waals surface area contributed by atoms with Crippen LogP contribution in [0, 0.1) is 0 Å². The van der Waals surface area contributed by atoms with Gasteiger partial charge < -0.3 is 5.43 Å². The molecule has 1 aromatic heterocycles. The minimum atomic E-state index is 0.706. The Kier molecular flexibility index (Phi) is 3.95. The number of nitrogens with two attached hydrogens (primary N) is 1. The molecule has 3 rings (SSSR count). The highest BCUT2D eigenvalue weighted by molar-refractivity contribution is 5.34. The lowest BCUT2D eigenvalue weighted by Gasteiger charge is -2.19. The van der Waals surface area contributed by atoms with Crippen LogP contribution in [-0.2, 0) is 19.4 Å². The number of hydrogen-bond donors (Lipinski definition) is 2. The van der Waals surface area contributed by atoms with Gasteiger partial charge in [-0.25, -0.2) is 10.8 Å². The molecular weight excluding hydrogens is 248 g/mol. The summed E-state index contributed by atoms with van der Waals surface area (Å²) in [5.74, 6) is 6.04. The first kappa shape index (κ1) is 13.1. The minimum absolute atomic E-state index is 0.706. The molecule has 20 heavy (non-hydrogen) atoms. The van der Waals surface area contributed by atoms with E-state index in [0.717, 1.165) is 32.5 Å². The van der Waals surface area contributed by atoms with Crippen molar-refractivity contribution in [3.63, 3.8) is 0 Å². The van der Waals surface area contributed by atoms with E-state index in [1.54, 1.807) is 0 Å². The van der Waals surface area contributed by atoms with Crippen LogP contribution in [0.3, 0.4) is 0 Å². The van der Waals surface area contributed by atoms with Gasteiger partial charge in [0.1, 0.15) is 5.82 Å². The van der Waals surface area contributed by atoms with E-state index >= 15 is 0 Å². The summed E-state index contributed by atoms with van der Waals surface area (Å²) >= 11 is 0. The number of hydrazine groups is 1. The first-order chi connectivity index (χ1) is 9.85. The Bertz CT molecular complexity index is 538. The maximum atomic E-state index is 5.33. The zero-order valence-corrected chi connectivity index (χ0v) is 11.5. The monoisotopic (exact) mass is 268 g/mol. The summed E-state index contributed by atoms with van der Waals surface area (Å²) in [5, 5.41) is 0. The van der Waals surface area contributed by atoms with Crippen LogP contribution in [0.1, 0.15) is 16.7 Å². The van der Waals surface area contributed by atoms with E-state index in [2.05, 4.69) is 45.6 Å². The Morgan fingerprint density at radius 3 is 2.30 bits per heavy atom. The van der Waals surface area contributed by atoms with Crippen LogP contribution < -0.4 is 11.3 Å². The fourth-order valence-electron chi connectivity index (χ4n) is 2.73. The van der Waals surface area contributed by atoms with Crippen molar-refractivity contribution in [1.82, 2.24) is 9.88 Å². The summed E-state index contributed by atoms with van der Waals surface area (Å²) in [4.78, 5) is 6.76. The van der Waals surface area contributed by atoms with Gasteiger partial charge >= 0.3 is 0 Å². The molecule has 1 aliphatic rings. The van der Waals surface area contributed by atoms with Crippen LogP contribution >= 0.6 is 0 Å². The molecule has 3 N–H and O–H groups in total. The van der Waals surface area contributed by atoms with Gasteiger partial charge in [-0.1, -0.05) is 30.3 Å². The Morgan fingerprint density at radius 2 is 1.75 bits per heavy atom. The second-order valence-corrected chi connectivity index (χ2v) is 5.24. The van der Waals surface area contributed by atoms with E-state index in [0.29, 0.717) is 5.82 Å².